The van der Waals surface area contributed by atoms with E-state index < -0.39 is 0 Å². The molecule has 3 heteroatoms. The number of nitrogens with two attached hydrogens (primary N) is 1. The van der Waals surface area contributed by atoms with E-state index in [0.29, 0.717) is 5.92 Å². The van der Waals surface area contributed by atoms with Gasteiger partial charge >= 0.3 is 0 Å². The zero-order valence-corrected chi connectivity index (χ0v) is 7.49. The summed E-state index contributed by atoms with van der Waals surface area (Å²) in [6.07, 6.45) is 7.97. The highest BCUT2D eigenvalue weighted by Crippen LogP contribution is 2.31. The third-order valence-electron chi connectivity index (χ3n) is 2.84. The SMILES string of the molecule is NC(=O)C1CCNC2=CC=CCC21. The molecule has 3 nitrogen and oxygen atoms in total. The van der Waals surface area contributed by atoms with E-state index in [1.807, 2.05) is 12.2 Å². The summed E-state index contributed by atoms with van der Waals surface area (Å²) in [7, 11) is 0. The van der Waals surface area contributed by atoms with E-state index in [4.69, 9.17) is 5.73 Å². The summed E-state index contributed by atoms with van der Waals surface area (Å²) in [6.45, 7) is 0.865. The molecule has 1 saturated heterocycles. The molecule has 0 saturated carbocycles. The zero-order valence-electron chi connectivity index (χ0n) is 7.49. The summed E-state index contributed by atoms with van der Waals surface area (Å²) in [4.78, 5) is 11.2. The van der Waals surface area contributed by atoms with Gasteiger partial charge in [-0.15, -0.1) is 0 Å². The Morgan fingerprint density at radius 1 is 1.62 bits per heavy atom. The van der Waals surface area contributed by atoms with E-state index in [1.54, 1.807) is 0 Å². The Morgan fingerprint density at radius 3 is 3.23 bits per heavy atom. The van der Waals surface area contributed by atoms with Crippen molar-refractivity contribution >= 4 is 5.91 Å². The molecule has 1 amide bonds. The van der Waals surface area contributed by atoms with Gasteiger partial charge in [0, 0.05) is 24.1 Å². The standard InChI is InChI=1S/C10H14N2O/c11-10(13)8-5-6-12-9-4-2-1-3-7(8)9/h1-2,4,7-8,12H,3,5-6H2,(H2,11,13). The molecule has 2 atom stereocenters. The molecule has 1 aliphatic carbocycles. The monoisotopic (exact) mass is 178 g/mol. The maximum atomic E-state index is 11.2. The van der Waals surface area contributed by atoms with Gasteiger partial charge in [-0.2, -0.15) is 0 Å². The van der Waals surface area contributed by atoms with E-state index in [0.717, 1.165) is 19.4 Å². The van der Waals surface area contributed by atoms with Crippen LogP contribution >= 0.6 is 0 Å². The molecule has 2 aliphatic rings. The number of amides is 1. The molecule has 0 aromatic heterocycles. The molecule has 0 radical (unpaired) electrons. The predicted octanol–water partition coefficient (Wildman–Crippen LogP) is 0.541. The Morgan fingerprint density at radius 2 is 2.46 bits per heavy atom. The van der Waals surface area contributed by atoms with Crippen molar-refractivity contribution in [1.29, 1.82) is 0 Å². The lowest BCUT2D eigenvalue weighted by molar-refractivity contribution is -0.123. The highest BCUT2D eigenvalue weighted by molar-refractivity contribution is 5.77. The molecule has 13 heavy (non-hydrogen) atoms. The van der Waals surface area contributed by atoms with E-state index in [2.05, 4.69) is 11.4 Å². The minimum Gasteiger partial charge on any atom is -0.388 e. The smallest absolute Gasteiger partial charge is 0.221 e. The minimum absolute atomic E-state index is 0.0254. The number of carbonyl (C=O) groups excluding carboxylic acids is 1. The maximum Gasteiger partial charge on any atom is 0.221 e. The Balaban J connectivity index is 2.20. The average molecular weight is 178 g/mol. The number of piperidine rings is 1. The number of primary amides is 1. The molecule has 0 spiro atoms. The molecule has 70 valence electrons. The van der Waals surface area contributed by atoms with Crippen molar-refractivity contribution in [2.75, 3.05) is 6.54 Å². The lowest BCUT2D eigenvalue weighted by Gasteiger charge is -2.33. The molecule has 1 heterocycles. The number of hydrogen-bond acceptors (Lipinski definition) is 2. The second-order valence-electron chi connectivity index (χ2n) is 3.62. The minimum atomic E-state index is -0.160. The van der Waals surface area contributed by atoms with Crippen molar-refractivity contribution in [3.63, 3.8) is 0 Å². The first-order valence-corrected chi connectivity index (χ1v) is 4.69. The van der Waals surface area contributed by atoms with Crippen LogP contribution in [0.2, 0.25) is 0 Å². The second-order valence-corrected chi connectivity index (χ2v) is 3.62. The van der Waals surface area contributed by atoms with Gasteiger partial charge in [-0.1, -0.05) is 12.2 Å². The van der Waals surface area contributed by atoms with Crippen LogP contribution in [0.1, 0.15) is 12.8 Å². The van der Waals surface area contributed by atoms with Gasteiger partial charge in [0.1, 0.15) is 0 Å². The van der Waals surface area contributed by atoms with Crippen molar-refractivity contribution in [3.8, 4) is 0 Å². The zero-order chi connectivity index (χ0) is 9.26. The first kappa shape index (κ1) is 8.35. The lowest BCUT2D eigenvalue weighted by Crippen LogP contribution is -2.41. The molecule has 0 aromatic rings. The van der Waals surface area contributed by atoms with Crippen molar-refractivity contribution in [2.24, 2.45) is 17.6 Å². The number of rotatable bonds is 1. The number of carbonyl (C=O) groups is 1. The fourth-order valence-electron chi connectivity index (χ4n) is 2.13. The second kappa shape index (κ2) is 3.24. The third kappa shape index (κ3) is 1.46. The van der Waals surface area contributed by atoms with Crippen LogP contribution in [-0.2, 0) is 4.79 Å². The highest BCUT2D eigenvalue weighted by Gasteiger charge is 2.32. The highest BCUT2D eigenvalue weighted by atomic mass is 16.1. The van der Waals surface area contributed by atoms with Gasteiger partial charge in [0.15, 0.2) is 0 Å². The third-order valence-corrected chi connectivity index (χ3v) is 2.84. The van der Waals surface area contributed by atoms with Crippen molar-refractivity contribution in [2.45, 2.75) is 12.8 Å². The van der Waals surface area contributed by atoms with E-state index in [1.165, 1.54) is 5.70 Å². The van der Waals surface area contributed by atoms with Gasteiger partial charge in [-0.3, -0.25) is 4.79 Å². The Kier molecular flexibility index (Phi) is 2.08. The number of allylic oxidation sites excluding steroid dienone is 4. The topological polar surface area (TPSA) is 55.1 Å². The summed E-state index contributed by atoms with van der Waals surface area (Å²) in [5, 5.41) is 3.31. The summed E-state index contributed by atoms with van der Waals surface area (Å²) < 4.78 is 0. The Labute approximate surface area is 77.7 Å². The fraction of sp³-hybridized carbons (Fsp3) is 0.500. The van der Waals surface area contributed by atoms with Crippen LogP contribution in [0.15, 0.2) is 23.9 Å². The van der Waals surface area contributed by atoms with Gasteiger partial charge in [-0.05, 0) is 18.9 Å². The summed E-state index contributed by atoms with van der Waals surface area (Å²) in [6, 6.07) is 0. The van der Waals surface area contributed by atoms with Gasteiger partial charge in [0.25, 0.3) is 0 Å². The Hall–Kier alpha value is -1.25. The van der Waals surface area contributed by atoms with Gasteiger partial charge in [-0.25, -0.2) is 0 Å². The predicted molar refractivity (Wildman–Crippen MR) is 50.6 cm³/mol. The number of fused-ring (bicyclic) bond motifs is 1. The molecule has 3 N–H and O–H groups in total. The summed E-state index contributed by atoms with van der Waals surface area (Å²) in [5.41, 5.74) is 6.53. The van der Waals surface area contributed by atoms with Crippen molar-refractivity contribution < 1.29 is 4.79 Å². The fourth-order valence-corrected chi connectivity index (χ4v) is 2.13. The molecule has 2 rings (SSSR count). The van der Waals surface area contributed by atoms with Crippen LogP contribution in [0.4, 0.5) is 0 Å². The van der Waals surface area contributed by atoms with Gasteiger partial charge in [0.2, 0.25) is 5.91 Å². The van der Waals surface area contributed by atoms with Crippen molar-refractivity contribution in [3.05, 3.63) is 23.9 Å². The van der Waals surface area contributed by atoms with Crippen LogP contribution in [0, 0.1) is 11.8 Å². The molecular weight excluding hydrogens is 164 g/mol. The largest absolute Gasteiger partial charge is 0.388 e. The summed E-state index contributed by atoms with van der Waals surface area (Å²) >= 11 is 0. The van der Waals surface area contributed by atoms with Crippen LogP contribution in [0.25, 0.3) is 0 Å². The van der Waals surface area contributed by atoms with E-state index in [9.17, 15) is 4.79 Å². The number of hydrogen-bond donors (Lipinski definition) is 2. The lowest BCUT2D eigenvalue weighted by atomic mass is 9.79. The van der Waals surface area contributed by atoms with E-state index >= 15 is 0 Å². The van der Waals surface area contributed by atoms with Crippen molar-refractivity contribution in [1.82, 2.24) is 5.32 Å². The molecule has 0 bridgehead atoms. The quantitative estimate of drug-likeness (QED) is 0.615. The molecule has 0 aromatic carbocycles. The van der Waals surface area contributed by atoms with Crippen LogP contribution in [0.5, 0.6) is 0 Å². The van der Waals surface area contributed by atoms with Crippen LogP contribution in [-0.4, -0.2) is 12.5 Å². The average Bonchev–Trinajstić information content (AvgIpc) is 2.17. The van der Waals surface area contributed by atoms with Crippen LogP contribution in [0.3, 0.4) is 0 Å². The molecule has 1 aliphatic heterocycles. The Bertz CT molecular complexity index is 281. The normalized spacial score (nSPS) is 31.5. The van der Waals surface area contributed by atoms with Gasteiger partial charge in [0.05, 0.1) is 0 Å². The van der Waals surface area contributed by atoms with Crippen LogP contribution < -0.4 is 11.1 Å². The first-order chi connectivity index (χ1) is 6.29. The molecular formula is C10H14N2O. The molecule has 2 unspecified atom stereocenters. The molecule has 1 fully saturated rings. The van der Waals surface area contributed by atoms with E-state index in [-0.39, 0.29) is 11.8 Å². The maximum absolute atomic E-state index is 11.2. The van der Waals surface area contributed by atoms with Gasteiger partial charge < -0.3 is 11.1 Å². The number of nitrogens with one attached hydrogen (secondary N) is 1. The summed E-state index contributed by atoms with van der Waals surface area (Å²) in [5.74, 6) is 0.168. The first-order valence-electron chi connectivity index (χ1n) is 4.69.